The van der Waals surface area contributed by atoms with Crippen LogP contribution < -0.4 is 15.4 Å². The van der Waals surface area contributed by atoms with E-state index in [1.54, 1.807) is 18.4 Å². The zero-order valence-electron chi connectivity index (χ0n) is 13.2. The van der Waals surface area contributed by atoms with E-state index < -0.39 is 0 Å². The molecule has 118 valence electrons. The van der Waals surface area contributed by atoms with Crippen molar-refractivity contribution in [3.05, 3.63) is 45.9 Å². The predicted octanol–water partition coefficient (Wildman–Crippen LogP) is 2.50. The van der Waals surface area contributed by atoms with E-state index in [9.17, 15) is 0 Å². The van der Waals surface area contributed by atoms with Crippen LogP contribution in [0.4, 0.5) is 0 Å². The predicted molar refractivity (Wildman–Crippen MR) is 91.7 cm³/mol. The minimum Gasteiger partial charge on any atom is -0.492 e. The molecule has 0 saturated carbocycles. The molecule has 22 heavy (non-hydrogen) atoms. The van der Waals surface area contributed by atoms with Gasteiger partial charge in [0.25, 0.3) is 0 Å². The first-order valence-electron chi connectivity index (χ1n) is 7.24. The van der Waals surface area contributed by atoms with Crippen molar-refractivity contribution >= 4 is 17.3 Å². The third-order valence-electron chi connectivity index (χ3n) is 3.11. The van der Waals surface area contributed by atoms with E-state index in [-0.39, 0.29) is 0 Å². The maximum atomic E-state index is 5.63. The van der Waals surface area contributed by atoms with Crippen molar-refractivity contribution in [2.75, 3.05) is 20.2 Å². The highest BCUT2D eigenvalue weighted by molar-refractivity contribution is 7.11. The van der Waals surface area contributed by atoms with Crippen LogP contribution in [0, 0.1) is 13.8 Å². The second-order valence-electron chi connectivity index (χ2n) is 4.76. The summed E-state index contributed by atoms with van der Waals surface area (Å²) in [5, 5.41) is 7.55. The van der Waals surface area contributed by atoms with Gasteiger partial charge in [-0.05, 0) is 26.0 Å². The second kappa shape index (κ2) is 8.38. The van der Waals surface area contributed by atoms with E-state index in [1.807, 2.05) is 37.3 Å². The first-order chi connectivity index (χ1) is 10.7. The van der Waals surface area contributed by atoms with E-state index in [0.29, 0.717) is 19.7 Å². The molecule has 2 rings (SSSR count). The molecule has 0 aliphatic heterocycles. The summed E-state index contributed by atoms with van der Waals surface area (Å²) >= 11 is 1.71. The highest BCUT2D eigenvalue weighted by atomic mass is 32.1. The fourth-order valence-corrected chi connectivity index (χ4v) is 2.72. The number of thiazole rings is 1. The Kier molecular flexibility index (Phi) is 6.21. The lowest BCUT2D eigenvalue weighted by molar-refractivity contribution is 0.322. The Balaban J connectivity index is 1.69. The number of nitrogens with zero attached hydrogens (tertiary/aromatic N) is 2. The number of aliphatic imine (C=N–C) groups is 1. The van der Waals surface area contributed by atoms with Gasteiger partial charge < -0.3 is 15.4 Å². The molecular weight excluding hydrogens is 296 g/mol. The van der Waals surface area contributed by atoms with Gasteiger partial charge in [0.1, 0.15) is 17.4 Å². The van der Waals surface area contributed by atoms with Gasteiger partial charge in [0.05, 0.1) is 18.8 Å². The van der Waals surface area contributed by atoms with Crippen molar-refractivity contribution in [3.63, 3.8) is 0 Å². The van der Waals surface area contributed by atoms with Gasteiger partial charge in [-0.3, -0.25) is 4.99 Å². The maximum absolute atomic E-state index is 5.63. The van der Waals surface area contributed by atoms with Crippen LogP contribution >= 0.6 is 11.3 Å². The summed E-state index contributed by atoms with van der Waals surface area (Å²) in [5.74, 6) is 1.63. The molecule has 2 N–H and O–H groups in total. The van der Waals surface area contributed by atoms with Gasteiger partial charge in [-0.1, -0.05) is 18.2 Å². The summed E-state index contributed by atoms with van der Waals surface area (Å²) in [4.78, 5) is 9.95. The van der Waals surface area contributed by atoms with Crippen LogP contribution in [0.25, 0.3) is 0 Å². The van der Waals surface area contributed by atoms with Crippen molar-refractivity contribution in [3.8, 4) is 5.75 Å². The Bertz CT molecular complexity index is 590. The molecular formula is C16H22N4OS. The third kappa shape index (κ3) is 5.04. The zero-order valence-corrected chi connectivity index (χ0v) is 14.0. The molecule has 0 unspecified atom stereocenters. The maximum Gasteiger partial charge on any atom is 0.191 e. The average Bonchev–Trinajstić information content (AvgIpc) is 2.86. The summed E-state index contributed by atoms with van der Waals surface area (Å²) in [6.07, 6.45) is 0. The summed E-state index contributed by atoms with van der Waals surface area (Å²) in [7, 11) is 1.76. The molecule has 1 aromatic heterocycles. The number of aryl methyl sites for hydroxylation is 2. The number of aromatic nitrogens is 1. The molecule has 0 aliphatic carbocycles. The Morgan fingerprint density at radius 2 is 2.00 bits per heavy atom. The first-order valence-corrected chi connectivity index (χ1v) is 8.06. The minimum atomic E-state index is 0.584. The number of hydrogen-bond donors (Lipinski definition) is 2. The fourth-order valence-electron chi connectivity index (χ4n) is 1.85. The number of nitrogens with one attached hydrogen (secondary N) is 2. The Labute approximate surface area is 135 Å². The number of guanidine groups is 1. The van der Waals surface area contributed by atoms with Crippen LogP contribution in [0.15, 0.2) is 35.3 Å². The van der Waals surface area contributed by atoms with E-state index in [2.05, 4.69) is 27.5 Å². The molecule has 6 heteroatoms. The Morgan fingerprint density at radius 3 is 2.64 bits per heavy atom. The molecule has 0 saturated heterocycles. The molecule has 0 bridgehead atoms. The highest BCUT2D eigenvalue weighted by Gasteiger charge is 2.04. The molecule has 1 heterocycles. The lowest BCUT2D eigenvalue weighted by atomic mass is 10.3. The number of hydrogen-bond acceptors (Lipinski definition) is 4. The molecule has 0 radical (unpaired) electrons. The normalized spacial score (nSPS) is 11.3. The highest BCUT2D eigenvalue weighted by Crippen LogP contribution is 2.15. The third-order valence-corrected chi connectivity index (χ3v) is 4.18. The van der Waals surface area contributed by atoms with Gasteiger partial charge >= 0.3 is 0 Å². The van der Waals surface area contributed by atoms with Gasteiger partial charge in [-0.2, -0.15) is 0 Å². The van der Waals surface area contributed by atoms with Crippen LogP contribution in [0.2, 0.25) is 0 Å². The topological polar surface area (TPSA) is 58.5 Å². The molecule has 0 aliphatic rings. The first kappa shape index (κ1) is 16.3. The molecule has 0 fully saturated rings. The Morgan fingerprint density at radius 1 is 1.23 bits per heavy atom. The summed E-state index contributed by atoms with van der Waals surface area (Å²) in [6.45, 7) is 6.07. The molecule has 1 aromatic carbocycles. The van der Waals surface area contributed by atoms with Crippen LogP contribution in [-0.2, 0) is 6.54 Å². The van der Waals surface area contributed by atoms with Gasteiger partial charge in [0.15, 0.2) is 5.96 Å². The number of para-hydroxylation sites is 1. The quantitative estimate of drug-likeness (QED) is 0.488. The van der Waals surface area contributed by atoms with Crippen LogP contribution in [-0.4, -0.2) is 31.1 Å². The van der Waals surface area contributed by atoms with E-state index >= 15 is 0 Å². The van der Waals surface area contributed by atoms with Crippen LogP contribution in [0.3, 0.4) is 0 Å². The smallest absolute Gasteiger partial charge is 0.191 e. The van der Waals surface area contributed by atoms with Gasteiger partial charge in [0, 0.05) is 11.9 Å². The SMILES string of the molecule is CN=C(NCCOc1ccccc1)NCc1nc(C)c(C)s1. The average molecular weight is 318 g/mol. The van der Waals surface area contributed by atoms with Gasteiger partial charge in [0.2, 0.25) is 0 Å². The van der Waals surface area contributed by atoms with Crippen molar-refractivity contribution in [1.29, 1.82) is 0 Å². The van der Waals surface area contributed by atoms with Gasteiger partial charge in [-0.15, -0.1) is 11.3 Å². The lowest BCUT2D eigenvalue weighted by Gasteiger charge is -2.11. The Hall–Kier alpha value is -2.08. The second-order valence-corrected chi connectivity index (χ2v) is 6.05. The van der Waals surface area contributed by atoms with Crippen molar-refractivity contribution in [1.82, 2.24) is 15.6 Å². The number of rotatable bonds is 6. The van der Waals surface area contributed by atoms with Crippen LogP contribution in [0.5, 0.6) is 5.75 Å². The van der Waals surface area contributed by atoms with E-state index in [0.717, 1.165) is 22.4 Å². The number of benzene rings is 1. The molecule has 0 atom stereocenters. The lowest BCUT2D eigenvalue weighted by Crippen LogP contribution is -2.38. The molecule has 0 amide bonds. The zero-order chi connectivity index (χ0) is 15.8. The summed E-state index contributed by atoms with van der Waals surface area (Å²) in [5.41, 5.74) is 1.10. The number of ether oxygens (including phenoxy) is 1. The molecule has 5 nitrogen and oxygen atoms in total. The van der Waals surface area contributed by atoms with Crippen LogP contribution in [0.1, 0.15) is 15.6 Å². The molecule has 2 aromatic rings. The molecule has 0 spiro atoms. The van der Waals surface area contributed by atoms with Crippen molar-refractivity contribution in [2.45, 2.75) is 20.4 Å². The fraction of sp³-hybridized carbons (Fsp3) is 0.375. The largest absolute Gasteiger partial charge is 0.492 e. The van der Waals surface area contributed by atoms with Crippen molar-refractivity contribution < 1.29 is 4.74 Å². The standard InChI is InChI=1S/C16H22N4OS/c1-12-13(2)22-15(20-12)11-19-16(17-3)18-9-10-21-14-7-5-4-6-8-14/h4-8H,9-11H2,1-3H3,(H2,17,18,19). The van der Waals surface area contributed by atoms with Crippen molar-refractivity contribution in [2.24, 2.45) is 4.99 Å². The monoisotopic (exact) mass is 318 g/mol. The summed E-state index contributed by atoms with van der Waals surface area (Å²) in [6, 6.07) is 9.78. The van der Waals surface area contributed by atoms with E-state index in [1.165, 1.54) is 4.88 Å². The minimum absolute atomic E-state index is 0.584. The van der Waals surface area contributed by atoms with E-state index in [4.69, 9.17) is 4.74 Å². The summed E-state index contributed by atoms with van der Waals surface area (Å²) < 4.78 is 5.63. The van der Waals surface area contributed by atoms with Gasteiger partial charge in [-0.25, -0.2) is 4.98 Å².